The monoisotopic (exact) mass is 459 g/mol. The Bertz CT molecular complexity index is 1210. The van der Waals surface area contributed by atoms with Gasteiger partial charge in [0.2, 0.25) is 0 Å². The Labute approximate surface area is 197 Å². The van der Waals surface area contributed by atoms with E-state index in [1.807, 2.05) is 24.3 Å². The number of fused-ring (bicyclic) bond motifs is 3. The van der Waals surface area contributed by atoms with Crippen molar-refractivity contribution in [3.05, 3.63) is 94.0 Å². The fraction of sp³-hybridized carbons (Fsp3) is 0.185. The fourth-order valence-corrected chi connectivity index (χ4v) is 4.18. The number of amides is 1. The number of hydrogen-bond donors (Lipinski definition) is 2. The molecule has 0 unspecified atom stereocenters. The van der Waals surface area contributed by atoms with Gasteiger partial charge in [-0.15, -0.1) is 0 Å². The molecule has 3 aromatic rings. The number of halogens is 1. The van der Waals surface area contributed by atoms with Gasteiger partial charge in [-0.05, 0) is 46.0 Å². The number of aliphatic carboxylic acids is 1. The van der Waals surface area contributed by atoms with E-state index in [2.05, 4.69) is 41.4 Å². The second-order valence-corrected chi connectivity index (χ2v) is 8.09. The van der Waals surface area contributed by atoms with E-state index in [0.29, 0.717) is 29.1 Å². The Morgan fingerprint density at radius 1 is 1.00 bits per heavy atom. The van der Waals surface area contributed by atoms with Crippen LogP contribution in [0.3, 0.4) is 0 Å². The number of carbonyl (C=O) groups excluding carboxylic acids is 1. The first-order valence-electron chi connectivity index (χ1n) is 10.6. The number of benzene rings is 3. The van der Waals surface area contributed by atoms with Crippen molar-refractivity contribution in [3.8, 4) is 23.0 Å². The molecule has 6 heteroatoms. The van der Waals surface area contributed by atoms with E-state index >= 15 is 0 Å². The van der Waals surface area contributed by atoms with Crippen LogP contribution >= 0.6 is 11.6 Å². The standard InChI is InChI=1S/C27H22ClNO4/c28-25-13-12-18(15-19(25)16-26(30)31)7-5-6-14-29-27(32)33-17-24-22-10-3-1-8-20(22)21-9-2-4-11-23(21)24/h1-4,8-13,15,24H,6,14,16-17H2,(H,29,32)(H,30,31). The lowest BCUT2D eigenvalue weighted by molar-refractivity contribution is -0.136. The van der Waals surface area contributed by atoms with Gasteiger partial charge in [0.25, 0.3) is 0 Å². The Kier molecular flexibility index (Phi) is 6.97. The van der Waals surface area contributed by atoms with Gasteiger partial charge in [0.15, 0.2) is 0 Å². The number of nitrogens with one attached hydrogen (secondary N) is 1. The van der Waals surface area contributed by atoms with Gasteiger partial charge >= 0.3 is 12.1 Å². The molecule has 0 bridgehead atoms. The van der Waals surface area contributed by atoms with Crippen molar-refractivity contribution in [2.75, 3.05) is 13.2 Å². The molecule has 4 rings (SSSR count). The number of carboxylic acid groups (broad SMARTS) is 1. The summed E-state index contributed by atoms with van der Waals surface area (Å²) in [6, 6.07) is 21.4. The van der Waals surface area contributed by atoms with Crippen LogP contribution in [0.25, 0.3) is 11.1 Å². The SMILES string of the molecule is O=C(O)Cc1cc(C#CCCNC(=O)OCC2c3ccccc3-c3ccccc32)ccc1Cl. The Hall–Kier alpha value is -3.75. The van der Waals surface area contributed by atoms with Crippen LogP contribution in [-0.4, -0.2) is 30.3 Å². The number of hydrogen-bond acceptors (Lipinski definition) is 3. The third kappa shape index (κ3) is 5.36. The van der Waals surface area contributed by atoms with E-state index in [4.69, 9.17) is 21.4 Å². The highest BCUT2D eigenvalue weighted by molar-refractivity contribution is 6.31. The minimum absolute atomic E-state index is 0.0212. The van der Waals surface area contributed by atoms with Gasteiger partial charge in [-0.3, -0.25) is 4.79 Å². The summed E-state index contributed by atoms with van der Waals surface area (Å²) < 4.78 is 5.50. The van der Waals surface area contributed by atoms with Crippen molar-refractivity contribution in [1.29, 1.82) is 0 Å². The summed E-state index contributed by atoms with van der Waals surface area (Å²) in [5.41, 5.74) is 5.91. The maximum Gasteiger partial charge on any atom is 0.407 e. The lowest BCUT2D eigenvalue weighted by Crippen LogP contribution is -2.26. The quantitative estimate of drug-likeness (QED) is 0.390. The van der Waals surface area contributed by atoms with Crippen molar-refractivity contribution in [1.82, 2.24) is 5.32 Å². The summed E-state index contributed by atoms with van der Waals surface area (Å²) in [5.74, 6) is 5.01. The summed E-state index contributed by atoms with van der Waals surface area (Å²) in [6.07, 6.45) is -0.201. The molecular formula is C27H22ClNO4. The Morgan fingerprint density at radius 3 is 2.33 bits per heavy atom. The zero-order valence-electron chi connectivity index (χ0n) is 17.8. The van der Waals surface area contributed by atoms with Crippen LogP contribution in [0.1, 0.15) is 34.6 Å². The van der Waals surface area contributed by atoms with Crippen molar-refractivity contribution in [2.24, 2.45) is 0 Å². The van der Waals surface area contributed by atoms with Crippen LogP contribution in [0.5, 0.6) is 0 Å². The molecule has 3 aromatic carbocycles. The van der Waals surface area contributed by atoms with Crippen LogP contribution in [0.2, 0.25) is 5.02 Å². The van der Waals surface area contributed by atoms with E-state index in [1.165, 1.54) is 22.3 Å². The summed E-state index contributed by atoms with van der Waals surface area (Å²) >= 11 is 6.02. The first-order valence-corrected chi connectivity index (χ1v) is 11.0. The first-order chi connectivity index (χ1) is 16.0. The maximum absolute atomic E-state index is 12.2. The molecule has 5 nitrogen and oxygen atoms in total. The number of rotatable bonds is 6. The first kappa shape index (κ1) is 22.4. The molecule has 33 heavy (non-hydrogen) atoms. The van der Waals surface area contributed by atoms with Crippen LogP contribution < -0.4 is 5.32 Å². The third-order valence-electron chi connectivity index (χ3n) is 5.48. The van der Waals surface area contributed by atoms with Gasteiger partial charge in [0.05, 0.1) is 6.42 Å². The molecule has 0 heterocycles. The second kappa shape index (κ2) is 10.2. The highest BCUT2D eigenvalue weighted by Gasteiger charge is 2.28. The lowest BCUT2D eigenvalue weighted by atomic mass is 9.98. The molecule has 0 aromatic heterocycles. The van der Waals surface area contributed by atoms with E-state index < -0.39 is 12.1 Å². The fourth-order valence-electron chi connectivity index (χ4n) is 3.99. The number of ether oxygens (including phenoxy) is 1. The predicted molar refractivity (Wildman–Crippen MR) is 127 cm³/mol. The van der Waals surface area contributed by atoms with Crippen molar-refractivity contribution in [3.63, 3.8) is 0 Å². The van der Waals surface area contributed by atoms with Crippen LogP contribution in [0, 0.1) is 11.8 Å². The summed E-state index contributed by atoms with van der Waals surface area (Å²) in [5, 5.41) is 12.1. The molecule has 1 aliphatic carbocycles. The highest BCUT2D eigenvalue weighted by atomic mass is 35.5. The average molecular weight is 460 g/mol. The summed E-state index contributed by atoms with van der Waals surface area (Å²) in [4.78, 5) is 23.1. The number of alkyl carbamates (subject to hydrolysis) is 1. The van der Waals surface area contributed by atoms with Gasteiger partial charge in [0, 0.05) is 29.5 Å². The molecule has 1 aliphatic rings. The number of carboxylic acids is 1. The number of carbonyl (C=O) groups is 2. The molecule has 0 aliphatic heterocycles. The molecule has 0 radical (unpaired) electrons. The largest absolute Gasteiger partial charge is 0.481 e. The van der Waals surface area contributed by atoms with E-state index in [0.717, 1.165) is 0 Å². The normalized spacial score (nSPS) is 11.7. The van der Waals surface area contributed by atoms with E-state index in [-0.39, 0.29) is 18.9 Å². The smallest absolute Gasteiger partial charge is 0.407 e. The zero-order valence-corrected chi connectivity index (χ0v) is 18.6. The molecule has 0 atom stereocenters. The van der Waals surface area contributed by atoms with Crippen molar-refractivity contribution >= 4 is 23.7 Å². The van der Waals surface area contributed by atoms with Crippen molar-refractivity contribution < 1.29 is 19.4 Å². The predicted octanol–water partition coefficient (Wildman–Crippen LogP) is 5.25. The van der Waals surface area contributed by atoms with Gasteiger partial charge in [0.1, 0.15) is 6.61 Å². The van der Waals surface area contributed by atoms with Gasteiger partial charge in [-0.2, -0.15) is 0 Å². The van der Waals surface area contributed by atoms with Crippen molar-refractivity contribution in [2.45, 2.75) is 18.8 Å². The van der Waals surface area contributed by atoms with Crippen LogP contribution in [0.4, 0.5) is 4.79 Å². The minimum atomic E-state index is -0.950. The van der Waals surface area contributed by atoms with Gasteiger partial charge in [-0.1, -0.05) is 72.0 Å². The average Bonchev–Trinajstić information content (AvgIpc) is 3.13. The van der Waals surface area contributed by atoms with Gasteiger partial charge < -0.3 is 15.2 Å². The molecule has 0 saturated heterocycles. The Morgan fingerprint density at radius 2 is 1.67 bits per heavy atom. The molecular weight excluding hydrogens is 438 g/mol. The highest BCUT2D eigenvalue weighted by Crippen LogP contribution is 2.44. The maximum atomic E-state index is 12.2. The minimum Gasteiger partial charge on any atom is -0.481 e. The van der Waals surface area contributed by atoms with Gasteiger partial charge in [-0.25, -0.2) is 4.79 Å². The zero-order chi connectivity index (χ0) is 23.2. The molecule has 1 amide bonds. The van der Waals surface area contributed by atoms with Crippen LogP contribution in [-0.2, 0) is 16.0 Å². The van der Waals surface area contributed by atoms with E-state index in [9.17, 15) is 9.59 Å². The molecule has 0 spiro atoms. The Balaban J connectivity index is 1.28. The third-order valence-corrected chi connectivity index (χ3v) is 5.85. The summed E-state index contributed by atoms with van der Waals surface area (Å²) in [7, 11) is 0. The summed E-state index contributed by atoms with van der Waals surface area (Å²) in [6.45, 7) is 0.613. The van der Waals surface area contributed by atoms with E-state index in [1.54, 1.807) is 18.2 Å². The lowest BCUT2D eigenvalue weighted by Gasteiger charge is -2.14. The topological polar surface area (TPSA) is 75.6 Å². The molecule has 2 N–H and O–H groups in total. The second-order valence-electron chi connectivity index (χ2n) is 7.68. The molecule has 0 saturated carbocycles. The molecule has 166 valence electrons. The molecule has 0 fully saturated rings. The van der Waals surface area contributed by atoms with Crippen LogP contribution in [0.15, 0.2) is 66.7 Å².